The van der Waals surface area contributed by atoms with Crippen LogP contribution in [0.25, 0.3) is 11.3 Å². The Morgan fingerprint density at radius 1 is 1.07 bits per heavy atom. The molecule has 0 fully saturated rings. The first kappa shape index (κ1) is 9.00. The highest BCUT2D eigenvalue weighted by Gasteiger charge is 2.07. The lowest BCUT2D eigenvalue weighted by Gasteiger charge is -2.00. The van der Waals surface area contributed by atoms with E-state index in [0.29, 0.717) is 11.3 Å². The van der Waals surface area contributed by atoms with Crippen molar-refractivity contribution in [3.05, 3.63) is 47.5 Å². The summed E-state index contributed by atoms with van der Waals surface area (Å²) in [4.78, 5) is 0. The molecule has 0 unspecified atom stereocenters. The highest BCUT2D eigenvalue weighted by atomic mass is 19.1. The molecule has 1 nitrogen and oxygen atoms in total. The Labute approximate surface area is 82.2 Å². The third-order valence-corrected chi connectivity index (χ3v) is 2.13. The molecular weight excluding hydrogens is 179 g/mol. The van der Waals surface area contributed by atoms with Crippen molar-refractivity contribution in [3.8, 4) is 11.3 Å². The monoisotopic (exact) mass is 190 g/mol. The maximum Gasteiger partial charge on any atom is 0.137 e. The molecule has 1 aromatic carbocycles. The van der Waals surface area contributed by atoms with Crippen LogP contribution in [0.3, 0.4) is 0 Å². The predicted octanol–water partition coefficient (Wildman–Crippen LogP) is 3.70. The molecule has 0 amide bonds. The van der Waals surface area contributed by atoms with Crippen LogP contribution in [0.15, 0.2) is 34.7 Å². The molecule has 0 aliphatic carbocycles. The van der Waals surface area contributed by atoms with E-state index < -0.39 is 0 Å². The molecule has 0 bridgehead atoms. The van der Waals surface area contributed by atoms with Crippen LogP contribution >= 0.6 is 0 Å². The van der Waals surface area contributed by atoms with Gasteiger partial charge in [-0.1, -0.05) is 6.07 Å². The van der Waals surface area contributed by atoms with Gasteiger partial charge in [0.15, 0.2) is 0 Å². The molecule has 2 heteroatoms. The lowest BCUT2D eigenvalue weighted by atomic mass is 10.1. The average molecular weight is 190 g/mol. The van der Waals surface area contributed by atoms with Gasteiger partial charge in [-0.15, -0.1) is 0 Å². The van der Waals surface area contributed by atoms with Gasteiger partial charge in [0.25, 0.3) is 0 Å². The lowest BCUT2D eigenvalue weighted by molar-refractivity contribution is 0.540. The Balaban J connectivity index is 2.52. The molecule has 14 heavy (non-hydrogen) atoms. The smallest absolute Gasteiger partial charge is 0.137 e. The van der Waals surface area contributed by atoms with Gasteiger partial charge in [0.2, 0.25) is 0 Å². The summed E-state index contributed by atoms with van der Waals surface area (Å²) in [5.41, 5.74) is 1.43. The molecule has 1 aromatic heterocycles. The second-order valence-electron chi connectivity index (χ2n) is 3.39. The Morgan fingerprint density at radius 3 is 2.43 bits per heavy atom. The normalized spacial score (nSPS) is 10.5. The van der Waals surface area contributed by atoms with Crippen molar-refractivity contribution in [2.75, 3.05) is 0 Å². The number of halogens is 1. The highest BCUT2D eigenvalue weighted by molar-refractivity contribution is 5.58. The first-order chi connectivity index (χ1) is 6.66. The molecule has 0 radical (unpaired) electrons. The lowest BCUT2D eigenvalue weighted by Crippen LogP contribution is -1.83. The van der Waals surface area contributed by atoms with Crippen LogP contribution in [0.5, 0.6) is 0 Å². The van der Waals surface area contributed by atoms with Gasteiger partial charge in [-0.3, -0.25) is 0 Å². The largest absolute Gasteiger partial charge is 0.461 e. The molecule has 0 atom stereocenters. The maximum atomic E-state index is 13.5. The zero-order valence-electron chi connectivity index (χ0n) is 8.17. The number of benzene rings is 1. The van der Waals surface area contributed by atoms with Gasteiger partial charge in [-0.25, -0.2) is 4.39 Å². The third kappa shape index (κ3) is 1.55. The minimum atomic E-state index is -0.237. The molecule has 72 valence electrons. The zero-order chi connectivity index (χ0) is 10.1. The van der Waals surface area contributed by atoms with E-state index in [0.717, 1.165) is 11.3 Å². The third-order valence-electron chi connectivity index (χ3n) is 2.13. The molecule has 2 aromatic rings. The van der Waals surface area contributed by atoms with Crippen LogP contribution in [0, 0.1) is 19.7 Å². The molecule has 0 spiro atoms. The van der Waals surface area contributed by atoms with E-state index in [4.69, 9.17) is 4.42 Å². The minimum absolute atomic E-state index is 0.237. The maximum absolute atomic E-state index is 13.5. The van der Waals surface area contributed by atoms with E-state index in [1.807, 2.05) is 26.0 Å². The van der Waals surface area contributed by atoms with Crippen molar-refractivity contribution in [1.29, 1.82) is 0 Å². The van der Waals surface area contributed by atoms with Crippen molar-refractivity contribution < 1.29 is 8.81 Å². The van der Waals surface area contributed by atoms with Gasteiger partial charge in [0.1, 0.15) is 17.3 Å². The van der Waals surface area contributed by atoms with Crippen LogP contribution in [-0.4, -0.2) is 0 Å². The topological polar surface area (TPSA) is 13.1 Å². The van der Waals surface area contributed by atoms with E-state index in [9.17, 15) is 4.39 Å². The number of furan rings is 1. The summed E-state index contributed by atoms with van der Waals surface area (Å²) in [7, 11) is 0. The summed E-state index contributed by atoms with van der Waals surface area (Å²) in [6, 6.07) is 8.73. The summed E-state index contributed by atoms with van der Waals surface area (Å²) < 4.78 is 18.8. The van der Waals surface area contributed by atoms with Crippen LogP contribution in [0.1, 0.15) is 11.3 Å². The van der Waals surface area contributed by atoms with E-state index >= 15 is 0 Å². The zero-order valence-corrected chi connectivity index (χ0v) is 8.17. The number of rotatable bonds is 1. The predicted molar refractivity (Wildman–Crippen MR) is 53.6 cm³/mol. The van der Waals surface area contributed by atoms with Crippen molar-refractivity contribution in [2.45, 2.75) is 13.8 Å². The summed E-state index contributed by atoms with van der Waals surface area (Å²) in [6.45, 7) is 3.70. The van der Waals surface area contributed by atoms with Gasteiger partial charge >= 0.3 is 0 Å². The van der Waals surface area contributed by atoms with Gasteiger partial charge in [-0.05, 0) is 43.7 Å². The summed E-state index contributed by atoms with van der Waals surface area (Å²) in [6.07, 6.45) is 0. The number of hydrogen-bond donors (Lipinski definition) is 0. The van der Waals surface area contributed by atoms with Crippen LogP contribution in [-0.2, 0) is 0 Å². The molecule has 0 saturated heterocycles. The molecular formula is C12H11FO. The second kappa shape index (κ2) is 3.29. The van der Waals surface area contributed by atoms with Crippen molar-refractivity contribution in [2.24, 2.45) is 0 Å². The van der Waals surface area contributed by atoms with E-state index in [1.54, 1.807) is 12.1 Å². The number of hydrogen-bond acceptors (Lipinski definition) is 1. The molecule has 0 N–H and O–H groups in total. The summed E-state index contributed by atoms with van der Waals surface area (Å²) >= 11 is 0. The Morgan fingerprint density at radius 2 is 1.86 bits per heavy atom. The fraction of sp³-hybridized carbons (Fsp3) is 0.167. The van der Waals surface area contributed by atoms with Gasteiger partial charge in [0.05, 0.1) is 5.56 Å². The van der Waals surface area contributed by atoms with Crippen LogP contribution in [0.4, 0.5) is 4.39 Å². The van der Waals surface area contributed by atoms with Gasteiger partial charge in [-0.2, -0.15) is 0 Å². The Hall–Kier alpha value is -1.57. The van der Waals surface area contributed by atoms with Crippen molar-refractivity contribution >= 4 is 0 Å². The van der Waals surface area contributed by atoms with Gasteiger partial charge < -0.3 is 4.42 Å². The standard InChI is InChI=1S/C12H11FO/c1-8-3-5-10(11(13)7-8)12-6-4-9(2)14-12/h3-7H,1-2H3. The van der Waals surface area contributed by atoms with E-state index in [1.165, 1.54) is 6.07 Å². The second-order valence-corrected chi connectivity index (χ2v) is 3.39. The molecule has 0 aliphatic rings. The molecule has 0 aliphatic heterocycles. The van der Waals surface area contributed by atoms with Crippen LogP contribution < -0.4 is 0 Å². The fourth-order valence-corrected chi connectivity index (χ4v) is 1.40. The van der Waals surface area contributed by atoms with Crippen LogP contribution in [0.2, 0.25) is 0 Å². The number of aryl methyl sites for hydroxylation is 2. The van der Waals surface area contributed by atoms with Crippen molar-refractivity contribution in [1.82, 2.24) is 0 Å². The first-order valence-corrected chi connectivity index (χ1v) is 4.50. The fourth-order valence-electron chi connectivity index (χ4n) is 1.40. The van der Waals surface area contributed by atoms with Crippen molar-refractivity contribution in [3.63, 3.8) is 0 Å². The minimum Gasteiger partial charge on any atom is -0.461 e. The summed E-state index contributed by atoms with van der Waals surface area (Å²) in [5.74, 6) is 1.14. The average Bonchev–Trinajstić information content (AvgIpc) is 2.51. The quantitative estimate of drug-likeness (QED) is 0.668. The first-order valence-electron chi connectivity index (χ1n) is 4.50. The molecule has 0 saturated carbocycles. The Kier molecular flexibility index (Phi) is 2.12. The Bertz CT molecular complexity index is 457. The summed E-state index contributed by atoms with van der Waals surface area (Å²) in [5, 5.41) is 0. The van der Waals surface area contributed by atoms with Gasteiger partial charge in [0, 0.05) is 0 Å². The molecule has 2 rings (SSSR count). The SMILES string of the molecule is Cc1ccc(-c2ccc(C)o2)c(F)c1. The van der Waals surface area contributed by atoms with E-state index in [-0.39, 0.29) is 5.82 Å². The molecule has 1 heterocycles. The van der Waals surface area contributed by atoms with E-state index in [2.05, 4.69) is 0 Å². The highest BCUT2D eigenvalue weighted by Crippen LogP contribution is 2.25.